The van der Waals surface area contributed by atoms with Gasteiger partial charge in [-0.1, -0.05) is 11.6 Å². The van der Waals surface area contributed by atoms with Crippen LogP contribution in [0, 0.1) is 9.49 Å². The Kier molecular flexibility index (Phi) is 4.87. The normalized spacial score (nSPS) is 24.6. The maximum Gasteiger partial charge on any atom is 0.131 e. The first-order valence-electron chi connectivity index (χ1n) is 5.87. The molecule has 1 fully saturated rings. The predicted molar refractivity (Wildman–Crippen MR) is 78.4 cm³/mol. The summed E-state index contributed by atoms with van der Waals surface area (Å²) in [7, 11) is 0. The molecule has 1 aromatic heterocycles. The predicted octanol–water partition coefficient (Wildman–Crippen LogP) is 3.30. The minimum Gasteiger partial charge on any atom is -0.396 e. The maximum absolute atomic E-state index is 9.10. The third-order valence-electron chi connectivity index (χ3n) is 3.29. The van der Waals surface area contributed by atoms with Gasteiger partial charge in [0.1, 0.15) is 5.15 Å². The van der Waals surface area contributed by atoms with Crippen molar-refractivity contribution in [3.63, 3.8) is 0 Å². The molecule has 17 heavy (non-hydrogen) atoms. The Bertz CT molecular complexity index is 381. The van der Waals surface area contributed by atoms with Crippen molar-refractivity contribution in [2.75, 3.05) is 11.9 Å². The molecule has 5 heteroatoms. The zero-order valence-corrected chi connectivity index (χ0v) is 12.4. The van der Waals surface area contributed by atoms with Crippen LogP contribution in [0.3, 0.4) is 0 Å². The Balaban J connectivity index is 1.95. The number of nitrogens with one attached hydrogen (secondary N) is 1. The fourth-order valence-corrected chi connectivity index (χ4v) is 2.84. The second-order valence-electron chi connectivity index (χ2n) is 4.53. The quantitative estimate of drug-likeness (QED) is 0.637. The second-order valence-corrected chi connectivity index (χ2v) is 6.08. The highest BCUT2D eigenvalue weighted by Crippen LogP contribution is 2.28. The number of hydrogen-bond donors (Lipinski definition) is 2. The maximum atomic E-state index is 9.10. The lowest BCUT2D eigenvalue weighted by molar-refractivity contribution is 0.186. The number of halogens is 2. The van der Waals surface area contributed by atoms with Crippen molar-refractivity contribution in [1.82, 2.24) is 4.98 Å². The van der Waals surface area contributed by atoms with Crippen LogP contribution in [0.2, 0.25) is 5.15 Å². The van der Waals surface area contributed by atoms with Crippen LogP contribution >= 0.6 is 34.2 Å². The van der Waals surface area contributed by atoms with Crippen LogP contribution < -0.4 is 5.32 Å². The number of nitrogens with zero attached hydrogens (tertiary/aromatic N) is 1. The number of anilines is 1. The molecule has 1 heterocycles. The summed E-state index contributed by atoms with van der Waals surface area (Å²) in [6, 6.07) is 2.37. The van der Waals surface area contributed by atoms with Crippen molar-refractivity contribution in [2.24, 2.45) is 5.92 Å². The second kappa shape index (κ2) is 6.20. The first-order chi connectivity index (χ1) is 8.19. The van der Waals surface area contributed by atoms with Crippen LogP contribution in [0.25, 0.3) is 0 Å². The molecule has 0 spiro atoms. The summed E-state index contributed by atoms with van der Waals surface area (Å²) in [5, 5.41) is 13.1. The molecule has 1 aliphatic carbocycles. The molecule has 1 aromatic rings. The fourth-order valence-electron chi connectivity index (χ4n) is 2.23. The van der Waals surface area contributed by atoms with Gasteiger partial charge in [-0.15, -0.1) is 0 Å². The lowest BCUT2D eigenvalue weighted by Crippen LogP contribution is -2.27. The summed E-state index contributed by atoms with van der Waals surface area (Å²) in [5.41, 5.74) is 1.07. The van der Waals surface area contributed by atoms with E-state index in [0.717, 1.165) is 34.9 Å². The third kappa shape index (κ3) is 3.69. The van der Waals surface area contributed by atoms with E-state index >= 15 is 0 Å². The van der Waals surface area contributed by atoms with Crippen LogP contribution in [0.5, 0.6) is 0 Å². The average molecular weight is 367 g/mol. The minimum absolute atomic E-state index is 0.325. The number of rotatable bonds is 3. The Labute approximate surface area is 120 Å². The van der Waals surface area contributed by atoms with E-state index in [4.69, 9.17) is 16.7 Å². The average Bonchev–Trinajstić information content (AvgIpc) is 2.35. The van der Waals surface area contributed by atoms with Gasteiger partial charge in [-0.3, -0.25) is 0 Å². The number of aliphatic hydroxyl groups excluding tert-OH is 1. The minimum atomic E-state index is 0.325. The Morgan fingerprint density at radius 2 is 2.12 bits per heavy atom. The van der Waals surface area contributed by atoms with Crippen molar-refractivity contribution >= 4 is 39.9 Å². The molecule has 0 atom stereocenters. The molecule has 0 bridgehead atoms. The van der Waals surface area contributed by atoms with Gasteiger partial charge in [0.2, 0.25) is 0 Å². The molecule has 1 saturated carbocycles. The molecule has 0 aromatic carbocycles. The zero-order valence-electron chi connectivity index (χ0n) is 9.50. The number of aromatic nitrogens is 1. The van der Waals surface area contributed by atoms with Gasteiger partial charge in [-0.25, -0.2) is 4.98 Å². The lowest BCUT2D eigenvalue weighted by atomic mass is 9.86. The van der Waals surface area contributed by atoms with Crippen LogP contribution in [0.1, 0.15) is 25.7 Å². The Morgan fingerprint density at radius 1 is 1.41 bits per heavy atom. The van der Waals surface area contributed by atoms with Crippen LogP contribution in [-0.4, -0.2) is 22.7 Å². The summed E-state index contributed by atoms with van der Waals surface area (Å²) in [4.78, 5) is 4.04. The number of hydrogen-bond acceptors (Lipinski definition) is 3. The molecular weight excluding hydrogens is 351 g/mol. The number of pyridine rings is 1. The van der Waals surface area contributed by atoms with Crippen molar-refractivity contribution < 1.29 is 5.11 Å². The SMILES string of the molecule is OCC1CCC(Nc2cc(Cl)ncc2I)CC1. The highest BCUT2D eigenvalue weighted by molar-refractivity contribution is 14.1. The summed E-state index contributed by atoms with van der Waals surface area (Å²) in [5.74, 6) is 0.494. The van der Waals surface area contributed by atoms with Gasteiger partial charge in [-0.2, -0.15) is 0 Å². The van der Waals surface area contributed by atoms with Crippen molar-refractivity contribution in [2.45, 2.75) is 31.7 Å². The zero-order chi connectivity index (χ0) is 12.3. The van der Waals surface area contributed by atoms with Gasteiger partial charge in [0.25, 0.3) is 0 Å². The Morgan fingerprint density at radius 3 is 2.76 bits per heavy atom. The van der Waals surface area contributed by atoms with E-state index in [0.29, 0.717) is 23.7 Å². The van der Waals surface area contributed by atoms with Gasteiger partial charge in [-0.05, 0) is 60.3 Å². The molecular formula is C12H16ClIN2O. The smallest absolute Gasteiger partial charge is 0.131 e. The molecule has 0 radical (unpaired) electrons. The van der Waals surface area contributed by atoms with Crippen LogP contribution in [0.15, 0.2) is 12.3 Å². The molecule has 2 rings (SSSR count). The van der Waals surface area contributed by atoms with Crippen LogP contribution in [-0.2, 0) is 0 Å². The van der Waals surface area contributed by atoms with Gasteiger partial charge in [0.05, 0.1) is 9.26 Å². The highest BCUT2D eigenvalue weighted by Gasteiger charge is 2.20. The lowest BCUT2D eigenvalue weighted by Gasteiger charge is -2.29. The third-order valence-corrected chi connectivity index (χ3v) is 4.35. The highest BCUT2D eigenvalue weighted by atomic mass is 127. The first kappa shape index (κ1) is 13.4. The Hall–Kier alpha value is -0.0700. The van der Waals surface area contributed by atoms with E-state index in [1.165, 1.54) is 0 Å². The van der Waals surface area contributed by atoms with E-state index < -0.39 is 0 Å². The topological polar surface area (TPSA) is 45.1 Å². The fraction of sp³-hybridized carbons (Fsp3) is 0.583. The van der Waals surface area contributed by atoms with E-state index in [1.807, 2.05) is 6.07 Å². The molecule has 0 unspecified atom stereocenters. The first-order valence-corrected chi connectivity index (χ1v) is 7.33. The molecule has 1 aliphatic rings. The molecule has 2 N–H and O–H groups in total. The van der Waals surface area contributed by atoms with E-state index in [-0.39, 0.29) is 0 Å². The molecule has 0 amide bonds. The summed E-state index contributed by atoms with van der Waals surface area (Å²) in [6.45, 7) is 0.325. The van der Waals surface area contributed by atoms with E-state index in [1.54, 1.807) is 6.20 Å². The standard InChI is InChI=1S/C12H16ClIN2O/c13-12-5-11(10(14)6-15-12)16-9-3-1-8(7-17)2-4-9/h5-6,8-9,17H,1-4,7H2,(H,15,16). The van der Waals surface area contributed by atoms with Gasteiger partial charge in [0.15, 0.2) is 0 Å². The largest absolute Gasteiger partial charge is 0.396 e. The van der Waals surface area contributed by atoms with Gasteiger partial charge < -0.3 is 10.4 Å². The van der Waals surface area contributed by atoms with Gasteiger partial charge >= 0.3 is 0 Å². The van der Waals surface area contributed by atoms with Crippen molar-refractivity contribution in [1.29, 1.82) is 0 Å². The van der Waals surface area contributed by atoms with E-state index in [9.17, 15) is 0 Å². The molecule has 94 valence electrons. The summed E-state index contributed by atoms with van der Waals surface area (Å²) >= 11 is 8.15. The summed E-state index contributed by atoms with van der Waals surface area (Å²) in [6.07, 6.45) is 6.21. The van der Waals surface area contributed by atoms with Crippen LogP contribution in [0.4, 0.5) is 5.69 Å². The number of aliphatic hydroxyl groups is 1. The molecule has 3 nitrogen and oxygen atoms in total. The van der Waals surface area contributed by atoms with E-state index in [2.05, 4.69) is 32.9 Å². The van der Waals surface area contributed by atoms with Gasteiger partial charge in [0, 0.05) is 18.8 Å². The molecule has 0 aliphatic heterocycles. The van der Waals surface area contributed by atoms with Crippen molar-refractivity contribution in [3.8, 4) is 0 Å². The molecule has 0 saturated heterocycles. The monoisotopic (exact) mass is 366 g/mol. The van der Waals surface area contributed by atoms with Crippen molar-refractivity contribution in [3.05, 3.63) is 21.0 Å². The summed E-state index contributed by atoms with van der Waals surface area (Å²) < 4.78 is 1.09.